The molecule has 1 aromatic rings. The van der Waals surface area contributed by atoms with Crippen molar-refractivity contribution in [3.63, 3.8) is 0 Å². The smallest absolute Gasteiger partial charge is 0.440 e. The van der Waals surface area contributed by atoms with Crippen molar-refractivity contribution in [2.45, 2.75) is 19.5 Å². The second kappa shape index (κ2) is 6.29. The lowest BCUT2D eigenvalue weighted by Gasteiger charge is -2.09. The molecule has 114 valence electrons. The van der Waals surface area contributed by atoms with Crippen molar-refractivity contribution in [2.75, 3.05) is 6.61 Å². The van der Waals surface area contributed by atoms with Gasteiger partial charge < -0.3 is 4.74 Å². The fraction of sp³-hybridized carbons (Fsp3) is 0.364. The Kier molecular flexibility index (Phi) is 4.95. The van der Waals surface area contributed by atoms with Gasteiger partial charge in [-0.05, 0) is 13.0 Å². The van der Waals surface area contributed by atoms with Gasteiger partial charge in [-0.25, -0.2) is 9.78 Å². The Morgan fingerprint density at radius 1 is 1.43 bits per heavy atom. The fourth-order valence-electron chi connectivity index (χ4n) is 1.50. The first-order valence-corrected chi connectivity index (χ1v) is 5.57. The normalized spacial score (nSPS) is 11.0. The molecule has 0 fully saturated rings. The zero-order valence-corrected chi connectivity index (χ0v) is 10.6. The van der Waals surface area contributed by atoms with Crippen LogP contribution in [0.1, 0.15) is 18.2 Å². The number of nitro groups is 1. The molecule has 1 aromatic heterocycles. The van der Waals surface area contributed by atoms with E-state index in [1.807, 2.05) is 0 Å². The number of halogens is 3. The van der Waals surface area contributed by atoms with Crippen LogP contribution < -0.4 is 0 Å². The first-order valence-electron chi connectivity index (χ1n) is 5.57. The summed E-state index contributed by atoms with van der Waals surface area (Å²) >= 11 is 0. The van der Waals surface area contributed by atoms with Gasteiger partial charge in [0.25, 0.3) is 0 Å². The van der Waals surface area contributed by atoms with Crippen LogP contribution in [0, 0.1) is 10.1 Å². The molecule has 0 radical (unpaired) electrons. The van der Waals surface area contributed by atoms with E-state index in [1.54, 1.807) is 0 Å². The van der Waals surface area contributed by atoms with Gasteiger partial charge in [0.15, 0.2) is 0 Å². The maximum atomic E-state index is 12.7. The highest BCUT2D eigenvalue weighted by atomic mass is 19.4. The molecule has 1 rings (SSSR count). The molecule has 1 heterocycles. The van der Waals surface area contributed by atoms with E-state index in [0.717, 1.165) is 6.07 Å². The number of hydrogen-bond acceptors (Lipinski definition) is 6. The molecule has 10 heteroatoms. The number of carbonyl (C=O) groups excluding carboxylic acids is 2. The molecule has 0 saturated heterocycles. The number of ketones is 1. The monoisotopic (exact) mass is 306 g/mol. The van der Waals surface area contributed by atoms with Gasteiger partial charge >= 0.3 is 17.8 Å². The summed E-state index contributed by atoms with van der Waals surface area (Å²) in [5, 5.41) is 10.8. The van der Waals surface area contributed by atoms with Crippen molar-refractivity contribution in [1.29, 1.82) is 0 Å². The molecule has 0 atom stereocenters. The van der Waals surface area contributed by atoms with Gasteiger partial charge in [0, 0.05) is 18.2 Å². The van der Waals surface area contributed by atoms with Gasteiger partial charge in [0.2, 0.25) is 11.5 Å². The summed E-state index contributed by atoms with van der Waals surface area (Å²) in [7, 11) is 0. The van der Waals surface area contributed by atoms with Gasteiger partial charge in [-0.1, -0.05) is 0 Å². The van der Waals surface area contributed by atoms with E-state index >= 15 is 0 Å². The molecule has 7 nitrogen and oxygen atoms in total. The molecule has 0 aliphatic heterocycles. The molecule has 0 aromatic carbocycles. The molecule has 0 spiro atoms. The van der Waals surface area contributed by atoms with Crippen molar-refractivity contribution in [1.82, 2.24) is 4.98 Å². The Balaban J connectivity index is 3.22. The molecule has 0 saturated carbocycles. The van der Waals surface area contributed by atoms with Crippen LogP contribution in [0.3, 0.4) is 0 Å². The average Bonchev–Trinajstić information content (AvgIpc) is 2.37. The number of alkyl halides is 3. The number of ether oxygens (including phenoxy) is 1. The molecule has 0 N–H and O–H groups in total. The van der Waals surface area contributed by atoms with Gasteiger partial charge in [-0.3, -0.25) is 14.9 Å². The van der Waals surface area contributed by atoms with Crippen LogP contribution in [0.5, 0.6) is 0 Å². The lowest BCUT2D eigenvalue weighted by atomic mass is 10.1. The second-order valence-corrected chi connectivity index (χ2v) is 3.74. The zero-order chi connectivity index (χ0) is 16.2. The van der Waals surface area contributed by atoms with E-state index < -0.39 is 46.2 Å². The van der Waals surface area contributed by atoms with Gasteiger partial charge in [-0.15, -0.1) is 0 Å². The number of hydrogen-bond donors (Lipinski definition) is 0. The molecular formula is C11H9F3N2O5. The number of carbonyl (C=O) groups is 2. The number of Topliss-reactive ketones (excluding diaryl/α,β-unsaturated/α-hetero) is 1. The quantitative estimate of drug-likeness (QED) is 0.355. The average molecular weight is 306 g/mol. The van der Waals surface area contributed by atoms with Crippen LogP contribution in [0.15, 0.2) is 12.3 Å². The minimum atomic E-state index is -5.05. The van der Waals surface area contributed by atoms with Crippen molar-refractivity contribution < 1.29 is 32.4 Å². The number of esters is 1. The summed E-state index contributed by atoms with van der Waals surface area (Å²) in [6.45, 7) is 1.33. The Bertz CT molecular complexity index is 586. The van der Waals surface area contributed by atoms with E-state index in [1.165, 1.54) is 6.92 Å². The third-order valence-corrected chi connectivity index (χ3v) is 2.31. The van der Waals surface area contributed by atoms with Crippen LogP contribution in [-0.2, 0) is 26.9 Å². The number of aromatic nitrogens is 1. The SMILES string of the molecule is CCOC(=O)C(=O)Cc1ccnc(C(F)(F)F)c1[N+](=O)[O-]. The minimum absolute atomic E-state index is 0.100. The number of pyridine rings is 1. The molecule has 0 unspecified atom stereocenters. The fourth-order valence-corrected chi connectivity index (χ4v) is 1.50. The molecule has 0 bridgehead atoms. The van der Waals surface area contributed by atoms with E-state index in [0.29, 0.717) is 6.20 Å². The Labute approximate surface area is 115 Å². The lowest BCUT2D eigenvalue weighted by Crippen LogP contribution is -2.21. The molecular weight excluding hydrogens is 297 g/mol. The standard InChI is InChI=1S/C11H9F3N2O5/c1-2-21-10(18)7(17)5-6-3-4-15-9(11(12,13)14)8(6)16(19)20/h3-4H,2,5H2,1H3. The number of nitrogens with zero attached hydrogens (tertiary/aromatic N) is 2. The molecule has 0 amide bonds. The largest absolute Gasteiger partial charge is 0.460 e. The maximum Gasteiger partial charge on any atom is 0.440 e. The van der Waals surface area contributed by atoms with Crippen LogP contribution >= 0.6 is 0 Å². The number of rotatable bonds is 5. The minimum Gasteiger partial charge on any atom is -0.460 e. The third kappa shape index (κ3) is 3.97. The first-order chi connectivity index (χ1) is 9.68. The van der Waals surface area contributed by atoms with Gasteiger partial charge in [0.05, 0.1) is 11.5 Å². The maximum absolute atomic E-state index is 12.7. The summed E-state index contributed by atoms with van der Waals surface area (Å²) in [5.74, 6) is -2.45. The first kappa shape index (κ1) is 16.5. The summed E-state index contributed by atoms with van der Waals surface area (Å²) < 4.78 is 42.4. The third-order valence-electron chi connectivity index (χ3n) is 2.31. The summed E-state index contributed by atoms with van der Waals surface area (Å²) in [6, 6.07) is 0.879. The predicted molar refractivity (Wildman–Crippen MR) is 61.2 cm³/mol. The van der Waals surface area contributed by atoms with Crippen LogP contribution in [0.2, 0.25) is 0 Å². The predicted octanol–water partition coefficient (Wildman–Crippen LogP) is 1.68. The van der Waals surface area contributed by atoms with Crippen molar-refractivity contribution >= 4 is 17.4 Å². The summed E-state index contributed by atoms with van der Waals surface area (Å²) in [4.78, 5) is 35.0. The Morgan fingerprint density at radius 3 is 2.52 bits per heavy atom. The van der Waals surface area contributed by atoms with Gasteiger partial charge in [0.1, 0.15) is 0 Å². The topological polar surface area (TPSA) is 99.4 Å². The van der Waals surface area contributed by atoms with Gasteiger partial charge in [-0.2, -0.15) is 13.2 Å². The molecule has 0 aliphatic carbocycles. The zero-order valence-electron chi connectivity index (χ0n) is 10.6. The van der Waals surface area contributed by atoms with E-state index in [4.69, 9.17) is 0 Å². The lowest BCUT2D eigenvalue weighted by molar-refractivity contribution is -0.389. The van der Waals surface area contributed by atoms with E-state index in [-0.39, 0.29) is 6.61 Å². The summed E-state index contributed by atoms with van der Waals surface area (Å²) in [6.07, 6.45) is -5.24. The Hall–Kier alpha value is -2.52. The van der Waals surface area contributed by atoms with Crippen LogP contribution in [-0.4, -0.2) is 28.3 Å². The highest BCUT2D eigenvalue weighted by Crippen LogP contribution is 2.36. The second-order valence-electron chi connectivity index (χ2n) is 3.74. The van der Waals surface area contributed by atoms with Crippen LogP contribution in [0.25, 0.3) is 0 Å². The highest BCUT2D eigenvalue weighted by molar-refractivity contribution is 6.34. The Morgan fingerprint density at radius 2 is 2.05 bits per heavy atom. The molecule has 0 aliphatic rings. The summed E-state index contributed by atoms with van der Waals surface area (Å²) in [5.41, 5.74) is -3.62. The highest BCUT2D eigenvalue weighted by Gasteiger charge is 2.42. The van der Waals surface area contributed by atoms with Crippen molar-refractivity contribution in [2.24, 2.45) is 0 Å². The van der Waals surface area contributed by atoms with E-state index in [2.05, 4.69) is 9.72 Å². The van der Waals surface area contributed by atoms with E-state index in [9.17, 15) is 32.9 Å². The van der Waals surface area contributed by atoms with Crippen molar-refractivity contribution in [3.8, 4) is 0 Å². The molecule has 21 heavy (non-hydrogen) atoms. The van der Waals surface area contributed by atoms with Crippen LogP contribution in [0.4, 0.5) is 18.9 Å². The van der Waals surface area contributed by atoms with Crippen molar-refractivity contribution in [3.05, 3.63) is 33.6 Å².